The molecule has 1 aromatic rings. The van der Waals surface area contributed by atoms with Crippen LogP contribution >= 0.6 is 11.6 Å². The van der Waals surface area contributed by atoms with Gasteiger partial charge >= 0.3 is 12.1 Å². The molecule has 0 bridgehead atoms. The summed E-state index contributed by atoms with van der Waals surface area (Å²) in [5.41, 5.74) is -0.526. The first-order chi connectivity index (χ1) is 7.80. The Kier molecular flexibility index (Phi) is 2.81. The molecule has 0 amide bonds. The molecule has 0 aliphatic heterocycles. The molecule has 0 saturated heterocycles. The van der Waals surface area contributed by atoms with Crippen LogP contribution in [0.5, 0.6) is 0 Å². The van der Waals surface area contributed by atoms with Gasteiger partial charge in [0.2, 0.25) is 0 Å². The van der Waals surface area contributed by atoms with E-state index in [0.29, 0.717) is 12.0 Å². The van der Waals surface area contributed by atoms with Crippen molar-refractivity contribution in [3.63, 3.8) is 0 Å². The molecular formula is C11H8ClF3O2. The van der Waals surface area contributed by atoms with Crippen LogP contribution in [-0.4, -0.2) is 11.1 Å². The first-order valence-corrected chi connectivity index (χ1v) is 5.28. The summed E-state index contributed by atoms with van der Waals surface area (Å²) in [7, 11) is 0. The fourth-order valence-electron chi connectivity index (χ4n) is 1.83. The summed E-state index contributed by atoms with van der Waals surface area (Å²) in [5.74, 6) is -1.87. The van der Waals surface area contributed by atoms with Crippen LogP contribution in [0.15, 0.2) is 18.2 Å². The summed E-state index contributed by atoms with van der Waals surface area (Å²) in [6.45, 7) is 0. The predicted molar refractivity (Wildman–Crippen MR) is 54.9 cm³/mol. The van der Waals surface area contributed by atoms with E-state index in [2.05, 4.69) is 0 Å². The minimum absolute atomic E-state index is 0.328. The lowest BCUT2D eigenvalue weighted by Gasteiger charge is -2.10. The Morgan fingerprint density at radius 1 is 1.41 bits per heavy atom. The minimum Gasteiger partial charge on any atom is -0.481 e. The van der Waals surface area contributed by atoms with Crippen LogP contribution in [0.2, 0.25) is 5.02 Å². The summed E-state index contributed by atoms with van der Waals surface area (Å²) in [5, 5.41) is 8.35. The Morgan fingerprint density at radius 3 is 2.53 bits per heavy atom. The average molecular weight is 265 g/mol. The molecule has 92 valence electrons. The van der Waals surface area contributed by atoms with E-state index in [0.717, 1.165) is 12.1 Å². The molecular weight excluding hydrogens is 257 g/mol. The van der Waals surface area contributed by atoms with Crippen LogP contribution in [0.1, 0.15) is 23.5 Å². The van der Waals surface area contributed by atoms with Gasteiger partial charge in [-0.3, -0.25) is 4.79 Å². The smallest absolute Gasteiger partial charge is 0.417 e. The summed E-state index contributed by atoms with van der Waals surface area (Å²) in [4.78, 5) is 10.6. The highest BCUT2D eigenvalue weighted by Crippen LogP contribution is 2.49. The van der Waals surface area contributed by atoms with E-state index in [1.165, 1.54) is 6.07 Å². The van der Waals surface area contributed by atoms with E-state index in [9.17, 15) is 18.0 Å². The molecule has 2 nitrogen and oxygen atoms in total. The van der Waals surface area contributed by atoms with Crippen molar-refractivity contribution in [2.24, 2.45) is 5.92 Å². The SMILES string of the molecule is O=C(O)[C@H]1C[C@@H]1c1ccc(Cl)c(C(F)(F)F)c1. The van der Waals surface area contributed by atoms with Gasteiger partial charge in [-0.25, -0.2) is 0 Å². The van der Waals surface area contributed by atoms with Gasteiger partial charge in [-0.2, -0.15) is 13.2 Å². The largest absolute Gasteiger partial charge is 0.481 e. The summed E-state index contributed by atoms with van der Waals surface area (Å²) in [6, 6.07) is 3.55. The molecule has 17 heavy (non-hydrogen) atoms. The number of hydrogen-bond donors (Lipinski definition) is 1. The lowest BCUT2D eigenvalue weighted by molar-refractivity contribution is -0.138. The predicted octanol–water partition coefficient (Wildman–Crippen LogP) is 3.55. The van der Waals surface area contributed by atoms with Gasteiger partial charge in [-0.05, 0) is 30.0 Å². The van der Waals surface area contributed by atoms with Crippen LogP contribution in [0.4, 0.5) is 13.2 Å². The van der Waals surface area contributed by atoms with Crippen LogP contribution in [0.25, 0.3) is 0 Å². The van der Waals surface area contributed by atoms with E-state index in [4.69, 9.17) is 16.7 Å². The third-order valence-corrected chi connectivity index (χ3v) is 3.16. The number of rotatable bonds is 2. The quantitative estimate of drug-likeness (QED) is 0.887. The van der Waals surface area contributed by atoms with Gasteiger partial charge in [-0.15, -0.1) is 0 Å². The maximum Gasteiger partial charge on any atom is 0.417 e. The highest BCUT2D eigenvalue weighted by atomic mass is 35.5. The van der Waals surface area contributed by atoms with Crippen molar-refractivity contribution in [2.75, 3.05) is 0 Å². The average Bonchev–Trinajstić information content (AvgIpc) is 2.96. The second kappa shape index (κ2) is 3.91. The highest BCUT2D eigenvalue weighted by Gasteiger charge is 2.45. The third kappa shape index (κ3) is 2.39. The zero-order valence-electron chi connectivity index (χ0n) is 8.46. The Balaban J connectivity index is 2.30. The lowest BCUT2D eigenvalue weighted by Crippen LogP contribution is -2.07. The third-order valence-electron chi connectivity index (χ3n) is 2.83. The zero-order chi connectivity index (χ0) is 12.8. The van der Waals surface area contributed by atoms with Gasteiger partial charge in [0.15, 0.2) is 0 Å². The number of hydrogen-bond acceptors (Lipinski definition) is 1. The molecule has 1 fully saturated rings. The second-order valence-corrected chi connectivity index (χ2v) is 4.43. The van der Waals surface area contributed by atoms with Gasteiger partial charge in [0.25, 0.3) is 0 Å². The first-order valence-electron chi connectivity index (χ1n) is 4.90. The van der Waals surface area contributed by atoms with Gasteiger partial charge in [0.1, 0.15) is 0 Å². The molecule has 6 heteroatoms. The molecule has 2 rings (SSSR count). The number of alkyl halides is 3. The maximum absolute atomic E-state index is 12.6. The number of carboxylic acid groups (broad SMARTS) is 1. The second-order valence-electron chi connectivity index (χ2n) is 4.02. The fraction of sp³-hybridized carbons (Fsp3) is 0.364. The van der Waals surface area contributed by atoms with Crippen molar-refractivity contribution in [3.05, 3.63) is 34.3 Å². The molecule has 0 aromatic heterocycles. The minimum atomic E-state index is -4.51. The zero-order valence-corrected chi connectivity index (χ0v) is 9.22. The molecule has 1 aliphatic rings. The van der Waals surface area contributed by atoms with E-state index < -0.39 is 23.6 Å². The van der Waals surface area contributed by atoms with Crippen LogP contribution in [0, 0.1) is 5.92 Å². The molecule has 1 N–H and O–H groups in total. The number of halogens is 4. The van der Waals surface area contributed by atoms with Gasteiger partial charge < -0.3 is 5.11 Å². The molecule has 1 aliphatic carbocycles. The molecule has 1 aromatic carbocycles. The highest BCUT2D eigenvalue weighted by molar-refractivity contribution is 6.31. The summed E-state index contributed by atoms with van der Waals surface area (Å²) in [6.07, 6.45) is -4.13. The van der Waals surface area contributed by atoms with Gasteiger partial charge in [0, 0.05) is 0 Å². The Bertz CT molecular complexity index is 470. The van der Waals surface area contributed by atoms with Crippen molar-refractivity contribution in [2.45, 2.75) is 18.5 Å². The Morgan fingerprint density at radius 2 is 2.06 bits per heavy atom. The lowest BCUT2D eigenvalue weighted by atomic mass is 10.1. The monoisotopic (exact) mass is 264 g/mol. The molecule has 0 heterocycles. The van der Waals surface area contributed by atoms with Crippen LogP contribution in [0.3, 0.4) is 0 Å². The number of aliphatic carboxylic acids is 1. The molecule has 0 unspecified atom stereocenters. The van der Waals surface area contributed by atoms with Crippen molar-refractivity contribution >= 4 is 17.6 Å². The van der Waals surface area contributed by atoms with Crippen molar-refractivity contribution in [1.82, 2.24) is 0 Å². The fourth-order valence-corrected chi connectivity index (χ4v) is 2.05. The molecule has 1 saturated carbocycles. The van der Waals surface area contributed by atoms with Gasteiger partial charge in [0.05, 0.1) is 16.5 Å². The van der Waals surface area contributed by atoms with Crippen LogP contribution < -0.4 is 0 Å². The normalized spacial score (nSPS) is 23.5. The van der Waals surface area contributed by atoms with Crippen LogP contribution in [-0.2, 0) is 11.0 Å². The summed E-state index contributed by atoms with van der Waals surface area (Å²) >= 11 is 5.47. The molecule has 0 radical (unpaired) electrons. The maximum atomic E-state index is 12.6. The van der Waals surface area contributed by atoms with Gasteiger partial charge in [-0.1, -0.05) is 17.7 Å². The summed E-state index contributed by atoms with van der Waals surface area (Å²) < 4.78 is 37.7. The first kappa shape index (κ1) is 12.2. The number of carbonyl (C=O) groups is 1. The van der Waals surface area contributed by atoms with Crippen molar-refractivity contribution in [1.29, 1.82) is 0 Å². The topological polar surface area (TPSA) is 37.3 Å². The number of carboxylic acids is 1. The van der Waals surface area contributed by atoms with Crippen molar-refractivity contribution < 1.29 is 23.1 Å². The Hall–Kier alpha value is -1.23. The van der Waals surface area contributed by atoms with E-state index in [1.54, 1.807) is 0 Å². The standard InChI is InChI=1S/C11H8ClF3O2/c12-9-2-1-5(3-8(9)11(13,14)15)6-4-7(6)10(16)17/h1-3,6-7H,4H2,(H,16,17)/t6-,7+/m1/s1. The van der Waals surface area contributed by atoms with Crippen molar-refractivity contribution in [3.8, 4) is 0 Å². The molecule has 2 atom stereocenters. The Labute approximate surface area is 100 Å². The molecule has 0 spiro atoms. The number of benzene rings is 1. The van der Waals surface area contributed by atoms with E-state index in [-0.39, 0.29) is 10.9 Å². The van der Waals surface area contributed by atoms with E-state index in [1.807, 2.05) is 0 Å². The van der Waals surface area contributed by atoms with E-state index >= 15 is 0 Å².